The number of anilines is 1. The zero-order chi connectivity index (χ0) is 20.8. The molecule has 0 saturated carbocycles. The van der Waals surface area contributed by atoms with Crippen LogP contribution in [0.2, 0.25) is 10.2 Å². The molecule has 1 N–H and O–H groups in total. The van der Waals surface area contributed by atoms with Gasteiger partial charge in [-0.15, -0.1) is 0 Å². The minimum Gasteiger partial charge on any atom is -0.495 e. The Kier molecular flexibility index (Phi) is 7.60. The molecule has 2 aromatic rings. The van der Waals surface area contributed by atoms with Gasteiger partial charge in [0.1, 0.15) is 24.2 Å². The number of hydrogen-bond donors (Lipinski definition) is 1. The molecule has 1 atom stereocenters. The molecule has 1 aliphatic heterocycles. The predicted molar refractivity (Wildman–Crippen MR) is 117 cm³/mol. The number of ether oxygens (including phenoxy) is 4. The van der Waals surface area contributed by atoms with Crippen molar-refractivity contribution in [2.45, 2.75) is 6.10 Å². The molecular weight excluding hydrogens is 437 g/mol. The molecule has 1 aromatic heterocycles. The summed E-state index contributed by atoms with van der Waals surface area (Å²) in [5.41, 5.74) is 0.667. The van der Waals surface area contributed by atoms with E-state index in [1.54, 1.807) is 44.7 Å². The minimum absolute atomic E-state index is 0.165. The molecule has 1 fully saturated rings. The molecule has 10 heteroatoms. The number of hydrogen-bond acceptors (Lipinski definition) is 6. The molecule has 0 spiro atoms. The van der Waals surface area contributed by atoms with E-state index in [4.69, 9.17) is 54.4 Å². The van der Waals surface area contributed by atoms with Crippen molar-refractivity contribution in [1.29, 1.82) is 0 Å². The molecule has 0 bridgehead atoms. The average molecular weight is 458 g/mol. The molecule has 1 saturated heterocycles. The standard InChI is InChI=1S/C19H21Cl2N3O4S/c1-25-16-9-14(17(26-2)8-13(16)20)23-19(29)24-6-7-27-12(10-24)11-28-15-4-3-5-22-18(15)21/h3-5,8-9,12H,6-7,10-11H2,1-2H3,(H,23,29). The van der Waals surface area contributed by atoms with Crippen LogP contribution in [0, 0.1) is 0 Å². The van der Waals surface area contributed by atoms with Gasteiger partial charge >= 0.3 is 0 Å². The van der Waals surface area contributed by atoms with E-state index in [-0.39, 0.29) is 6.10 Å². The Balaban J connectivity index is 1.62. The van der Waals surface area contributed by atoms with Crippen molar-refractivity contribution in [1.82, 2.24) is 9.88 Å². The van der Waals surface area contributed by atoms with Crippen LogP contribution < -0.4 is 19.5 Å². The third-order valence-corrected chi connectivity index (χ3v) is 5.23. The molecule has 156 valence electrons. The second-order valence-corrected chi connectivity index (χ2v) is 7.31. The molecule has 0 radical (unpaired) electrons. The number of benzene rings is 1. The lowest BCUT2D eigenvalue weighted by Crippen LogP contribution is -2.49. The normalized spacial score (nSPS) is 16.3. The molecule has 1 unspecified atom stereocenters. The Morgan fingerprint density at radius 1 is 1.28 bits per heavy atom. The summed E-state index contributed by atoms with van der Waals surface area (Å²) in [6.07, 6.45) is 1.44. The van der Waals surface area contributed by atoms with Gasteiger partial charge in [-0.1, -0.05) is 23.2 Å². The zero-order valence-corrected chi connectivity index (χ0v) is 18.3. The molecule has 1 aromatic carbocycles. The first kappa shape index (κ1) is 21.7. The lowest BCUT2D eigenvalue weighted by atomic mass is 10.2. The van der Waals surface area contributed by atoms with E-state index in [1.807, 2.05) is 4.90 Å². The van der Waals surface area contributed by atoms with Crippen molar-refractivity contribution in [2.24, 2.45) is 0 Å². The van der Waals surface area contributed by atoms with E-state index in [0.29, 0.717) is 64.5 Å². The van der Waals surface area contributed by atoms with Crippen LogP contribution in [0.25, 0.3) is 0 Å². The topological polar surface area (TPSA) is 65.1 Å². The van der Waals surface area contributed by atoms with Crippen molar-refractivity contribution in [3.63, 3.8) is 0 Å². The van der Waals surface area contributed by atoms with Crippen molar-refractivity contribution < 1.29 is 18.9 Å². The predicted octanol–water partition coefficient (Wildman–Crippen LogP) is 3.88. The first-order valence-electron chi connectivity index (χ1n) is 8.84. The van der Waals surface area contributed by atoms with Gasteiger partial charge in [-0.3, -0.25) is 0 Å². The molecule has 2 heterocycles. The van der Waals surface area contributed by atoms with E-state index >= 15 is 0 Å². The van der Waals surface area contributed by atoms with E-state index in [1.165, 1.54) is 0 Å². The molecule has 3 rings (SSSR count). The van der Waals surface area contributed by atoms with Crippen LogP contribution >= 0.6 is 35.4 Å². The largest absolute Gasteiger partial charge is 0.495 e. The summed E-state index contributed by atoms with van der Waals surface area (Å²) in [5, 5.41) is 4.52. The maximum absolute atomic E-state index is 6.16. The fourth-order valence-corrected chi connectivity index (χ4v) is 3.50. The number of morpholine rings is 1. The summed E-state index contributed by atoms with van der Waals surface area (Å²) in [6, 6.07) is 6.96. The van der Waals surface area contributed by atoms with Crippen LogP contribution in [0.4, 0.5) is 5.69 Å². The number of nitrogens with one attached hydrogen (secondary N) is 1. The number of halogens is 2. The molecule has 0 aliphatic carbocycles. The minimum atomic E-state index is -0.165. The Morgan fingerprint density at radius 2 is 2.07 bits per heavy atom. The highest BCUT2D eigenvalue weighted by molar-refractivity contribution is 7.80. The molecular formula is C19H21Cl2N3O4S. The van der Waals surface area contributed by atoms with Gasteiger partial charge in [0, 0.05) is 31.4 Å². The van der Waals surface area contributed by atoms with E-state index in [0.717, 1.165) is 0 Å². The van der Waals surface area contributed by atoms with Gasteiger partial charge in [0.15, 0.2) is 16.0 Å². The maximum atomic E-state index is 6.16. The highest BCUT2D eigenvalue weighted by atomic mass is 35.5. The highest BCUT2D eigenvalue weighted by Crippen LogP contribution is 2.36. The maximum Gasteiger partial charge on any atom is 0.173 e. The fraction of sp³-hybridized carbons (Fsp3) is 0.368. The molecule has 0 amide bonds. The van der Waals surface area contributed by atoms with Crippen molar-refractivity contribution >= 4 is 46.2 Å². The number of rotatable bonds is 6. The van der Waals surface area contributed by atoms with Crippen molar-refractivity contribution in [3.05, 3.63) is 40.6 Å². The number of aromatic nitrogens is 1. The lowest BCUT2D eigenvalue weighted by Gasteiger charge is -2.34. The van der Waals surface area contributed by atoms with Crippen LogP contribution in [0.1, 0.15) is 0 Å². The zero-order valence-electron chi connectivity index (χ0n) is 16.0. The SMILES string of the molecule is COc1cc(NC(=S)N2CCOC(COc3cccnc3Cl)C2)c(OC)cc1Cl. The third-order valence-electron chi connectivity index (χ3n) is 4.29. The van der Waals surface area contributed by atoms with Crippen molar-refractivity contribution in [3.8, 4) is 17.2 Å². The Labute approximate surface area is 184 Å². The second-order valence-electron chi connectivity index (χ2n) is 6.16. The van der Waals surface area contributed by atoms with Crippen LogP contribution in [-0.2, 0) is 4.74 Å². The summed E-state index contributed by atoms with van der Waals surface area (Å²) in [4.78, 5) is 6.01. The number of nitrogens with zero attached hydrogens (tertiary/aromatic N) is 2. The van der Waals surface area contributed by atoms with Crippen LogP contribution in [0.3, 0.4) is 0 Å². The Morgan fingerprint density at radius 3 is 2.79 bits per heavy atom. The van der Waals surface area contributed by atoms with Gasteiger partial charge in [-0.05, 0) is 24.4 Å². The Hall–Kier alpha value is -2.00. The van der Waals surface area contributed by atoms with E-state index in [9.17, 15) is 0 Å². The summed E-state index contributed by atoms with van der Waals surface area (Å²) < 4.78 is 22.2. The van der Waals surface area contributed by atoms with Crippen LogP contribution in [0.5, 0.6) is 17.2 Å². The van der Waals surface area contributed by atoms with Gasteiger partial charge in [0.25, 0.3) is 0 Å². The second kappa shape index (κ2) is 10.2. The first-order chi connectivity index (χ1) is 14.0. The Bertz CT molecular complexity index is 871. The van der Waals surface area contributed by atoms with Crippen LogP contribution in [-0.4, -0.2) is 61.6 Å². The smallest absolute Gasteiger partial charge is 0.173 e. The summed E-state index contributed by atoms with van der Waals surface area (Å²) in [5.74, 6) is 1.62. The molecule has 29 heavy (non-hydrogen) atoms. The van der Waals surface area contributed by atoms with Crippen LogP contribution in [0.15, 0.2) is 30.5 Å². The molecule has 1 aliphatic rings. The lowest BCUT2D eigenvalue weighted by molar-refractivity contribution is -0.0280. The first-order valence-corrected chi connectivity index (χ1v) is 10.0. The van der Waals surface area contributed by atoms with Gasteiger partial charge in [0.2, 0.25) is 0 Å². The van der Waals surface area contributed by atoms with E-state index in [2.05, 4.69) is 10.3 Å². The highest BCUT2D eigenvalue weighted by Gasteiger charge is 2.24. The third kappa shape index (κ3) is 5.54. The fourth-order valence-electron chi connectivity index (χ4n) is 2.82. The monoisotopic (exact) mass is 457 g/mol. The number of pyridine rings is 1. The van der Waals surface area contributed by atoms with Gasteiger partial charge in [-0.2, -0.15) is 0 Å². The van der Waals surface area contributed by atoms with Crippen molar-refractivity contribution in [2.75, 3.05) is 45.8 Å². The van der Waals surface area contributed by atoms with Gasteiger partial charge < -0.3 is 29.2 Å². The average Bonchev–Trinajstić information content (AvgIpc) is 2.74. The summed E-state index contributed by atoms with van der Waals surface area (Å²) in [6.45, 7) is 2.08. The van der Waals surface area contributed by atoms with E-state index < -0.39 is 0 Å². The quantitative estimate of drug-likeness (QED) is 0.517. The van der Waals surface area contributed by atoms with Gasteiger partial charge in [-0.25, -0.2) is 4.98 Å². The molecule has 7 nitrogen and oxygen atoms in total. The van der Waals surface area contributed by atoms with Gasteiger partial charge in [0.05, 0.1) is 31.5 Å². The summed E-state index contributed by atoms with van der Waals surface area (Å²) >= 11 is 17.8. The number of methoxy groups -OCH3 is 2. The summed E-state index contributed by atoms with van der Waals surface area (Å²) in [7, 11) is 3.12. The number of thiocarbonyl (C=S) groups is 1.